The van der Waals surface area contributed by atoms with Crippen molar-refractivity contribution in [3.05, 3.63) is 59.3 Å². The molecule has 3 amide bonds. The van der Waals surface area contributed by atoms with E-state index in [2.05, 4.69) is 56.2 Å². The van der Waals surface area contributed by atoms with Crippen LogP contribution in [0.25, 0.3) is 0 Å². The van der Waals surface area contributed by atoms with Crippen LogP contribution < -0.4 is 10.2 Å². The maximum Gasteiger partial charge on any atom is 0.317 e. The standard InChI is InChI=1S/C30H42N6O2/c1-23-6-3-8-25(20-23)21-31-30(38)35-14-11-27(12-15-35)36-13-5-9-26(22-36)29(37)34-18-16-33(17-19-34)28-10-4-7-24(2)32-28/h3-4,6-8,10,20,26-27H,5,9,11-19,21-22H2,1-2H3,(H,31,38). The number of hydrogen-bond acceptors (Lipinski definition) is 5. The lowest BCUT2D eigenvalue weighted by Crippen LogP contribution is -2.55. The first-order valence-corrected chi connectivity index (χ1v) is 14.3. The van der Waals surface area contributed by atoms with Crippen LogP contribution >= 0.6 is 0 Å². The van der Waals surface area contributed by atoms with Crippen LogP contribution in [-0.4, -0.2) is 90.0 Å². The van der Waals surface area contributed by atoms with E-state index in [-0.39, 0.29) is 11.9 Å². The van der Waals surface area contributed by atoms with E-state index < -0.39 is 0 Å². The molecule has 1 aromatic heterocycles. The Morgan fingerprint density at radius 3 is 2.39 bits per heavy atom. The summed E-state index contributed by atoms with van der Waals surface area (Å²) in [4.78, 5) is 39.6. The fraction of sp³-hybridized carbons (Fsp3) is 0.567. The van der Waals surface area contributed by atoms with Crippen LogP contribution in [0.4, 0.5) is 10.6 Å². The Kier molecular flexibility index (Phi) is 8.47. The highest BCUT2D eigenvalue weighted by atomic mass is 16.2. The summed E-state index contributed by atoms with van der Waals surface area (Å²) in [6.07, 6.45) is 4.00. The number of nitrogens with one attached hydrogen (secondary N) is 1. The van der Waals surface area contributed by atoms with Gasteiger partial charge in [-0.1, -0.05) is 35.9 Å². The number of piperazine rings is 1. The Labute approximate surface area is 227 Å². The van der Waals surface area contributed by atoms with Crippen LogP contribution in [0.5, 0.6) is 0 Å². The third-order valence-electron chi connectivity index (χ3n) is 8.39. The van der Waals surface area contributed by atoms with Crippen LogP contribution in [0, 0.1) is 19.8 Å². The average Bonchev–Trinajstić information content (AvgIpc) is 2.96. The molecule has 3 fully saturated rings. The number of carbonyl (C=O) groups excluding carboxylic acids is 2. The van der Waals surface area contributed by atoms with Gasteiger partial charge in [-0.3, -0.25) is 9.69 Å². The van der Waals surface area contributed by atoms with Gasteiger partial charge in [-0.15, -0.1) is 0 Å². The summed E-state index contributed by atoms with van der Waals surface area (Å²) >= 11 is 0. The fourth-order valence-corrected chi connectivity index (χ4v) is 6.20. The minimum Gasteiger partial charge on any atom is -0.353 e. The zero-order valence-corrected chi connectivity index (χ0v) is 22.9. The molecule has 3 aliphatic heterocycles. The summed E-state index contributed by atoms with van der Waals surface area (Å²) in [6, 6.07) is 14.9. The van der Waals surface area contributed by atoms with E-state index in [4.69, 9.17) is 0 Å². The number of urea groups is 1. The molecule has 8 heteroatoms. The highest BCUT2D eigenvalue weighted by Crippen LogP contribution is 2.26. The zero-order valence-electron chi connectivity index (χ0n) is 22.9. The second-order valence-electron chi connectivity index (χ2n) is 11.1. The normalized spacial score (nSPS) is 21.4. The fourth-order valence-electron chi connectivity index (χ4n) is 6.20. The smallest absolute Gasteiger partial charge is 0.317 e. The summed E-state index contributed by atoms with van der Waals surface area (Å²) in [6.45, 7) is 11.3. The van der Waals surface area contributed by atoms with Crippen molar-refractivity contribution >= 4 is 17.8 Å². The van der Waals surface area contributed by atoms with Gasteiger partial charge in [-0.2, -0.15) is 0 Å². The second kappa shape index (κ2) is 12.2. The molecule has 8 nitrogen and oxygen atoms in total. The number of benzene rings is 1. The van der Waals surface area contributed by atoms with Gasteiger partial charge in [0.25, 0.3) is 0 Å². The monoisotopic (exact) mass is 518 g/mol. The number of pyridine rings is 1. The lowest BCUT2D eigenvalue weighted by Gasteiger charge is -2.43. The van der Waals surface area contributed by atoms with Crippen LogP contribution in [0.1, 0.15) is 42.5 Å². The van der Waals surface area contributed by atoms with E-state index in [0.29, 0.717) is 18.5 Å². The molecule has 1 unspecified atom stereocenters. The third kappa shape index (κ3) is 6.46. The van der Waals surface area contributed by atoms with E-state index in [1.807, 2.05) is 30.0 Å². The summed E-state index contributed by atoms with van der Waals surface area (Å²) in [5.41, 5.74) is 3.36. The van der Waals surface area contributed by atoms with E-state index >= 15 is 0 Å². The van der Waals surface area contributed by atoms with Crippen molar-refractivity contribution in [1.82, 2.24) is 25.0 Å². The van der Waals surface area contributed by atoms with Crippen molar-refractivity contribution in [2.24, 2.45) is 5.92 Å². The van der Waals surface area contributed by atoms with E-state index in [1.54, 1.807) is 0 Å². The molecular weight excluding hydrogens is 476 g/mol. The largest absolute Gasteiger partial charge is 0.353 e. The highest BCUT2D eigenvalue weighted by molar-refractivity contribution is 5.79. The maximum atomic E-state index is 13.4. The van der Waals surface area contributed by atoms with Gasteiger partial charge >= 0.3 is 6.03 Å². The predicted molar refractivity (Wildman–Crippen MR) is 150 cm³/mol. The highest BCUT2D eigenvalue weighted by Gasteiger charge is 2.35. The topological polar surface area (TPSA) is 72.0 Å². The number of aryl methyl sites for hydroxylation is 2. The first-order valence-electron chi connectivity index (χ1n) is 14.3. The molecule has 0 radical (unpaired) electrons. The second-order valence-corrected chi connectivity index (χ2v) is 11.1. The number of hydrogen-bond donors (Lipinski definition) is 1. The summed E-state index contributed by atoms with van der Waals surface area (Å²) < 4.78 is 0. The molecule has 0 bridgehead atoms. The van der Waals surface area contributed by atoms with Crippen LogP contribution in [0.2, 0.25) is 0 Å². The SMILES string of the molecule is Cc1cccc(CNC(=O)N2CCC(N3CCCC(C(=O)N4CCN(c5cccc(C)n5)CC4)C3)CC2)c1. The quantitative estimate of drug-likeness (QED) is 0.657. The van der Waals surface area contributed by atoms with Crippen LogP contribution in [0.3, 0.4) is 0 Å². The number of likely N-dealkylation sites (tertiary alicyclic amines) is 2. The van der Waals surface area contributed by atoms with Gasteiger partial charge in [-0.25, -0.2) is 9.78 Å². The Hall–Kier alpha value is -3.13. The average molecular weight is 519 g/mol. The van der Waals surface area contributed by atoms with Gasteiger partial charge in [0, 0.05) is 64.1 Å². The lowest BCUT2D eigenvalue weighted by atomic mass is 9.92. The molecule has 1 N–H and O–H groups in total. The Bertz CT molecular complexity index is 1110. The van der Waals surface area contributed by atoms with E-state index in [0.717, 1.165) is 95.1 Å². The molecule has 0 aliphatic carbocycles. The zero-order chi connectivity index (χ0) is 26.5. The number of carbonyl (C=O) groups is 2. The Morgan fingerprint density at radius 1 is 0.895 bits per heavy atom. The molecule has 0 saturated carbocycles. The van der Waals surface area contributed by atoms with Crippen molar-refractivity contribution in [3.63, 3.8) is 0 Å². The van der Waals surface area contributed by atoms with Crippen LogP contribution in [-0.2, 0) is 11.3 Å². The first kappa shape index (κ1) is 26.5. The van der Waals surface area contributed by atoms with Crippen molar-refractivity contribution in [1.29, 1.82) is 0 Å². The molecular formula is C30H42N6O2. The Balaban J connectivity index is 1.06. The maximum absolute atomic E-state index is 13.4. The van der Waals surface area contributed by atoms with E-state index in [9.17, 15) is 9.59 Å². The summed E-state index contributed by atoms with van der Waals surface area (Å²) in [7, 11) is 0. The molecule has 204 valence electrons. The molecule has 0 spiro atoms. The molecule has 1 atom stereocenters. The van der Waals surface area contributed by atoms with E-state index in [1.165, 1.54) is 5.56 Å². The number of amides is 3. The van der Waals surface area contributed by atoms with Crippen molar-refractivity contribution in [2.75, 3.05) is 57.3 Å². The predicted octanol–water partition coefficient (Wildman–Crippen LogP) is 3.43. The van der Waals surface area contributed by atoms with Crippen LogP contribution in [0.15, 0.2) is 42.5 Å². The summed E-state index contributed by atoms with van der Waals surface area (Å²) in [5.74, 6) is 1.42. The third-order valence-corrected chi connectivity index (χ3v) is 8.39. The van der Waals surface area contributed by atoms with Gasteiger partial charge in [0.1, 0.15) is 5.82 Å². The molecule has 2 aromatic rings. The minimum atomic E-state index is 0.0247. The number of nitrogens with zero attached hydrogens (tertiary/aromatic N) is 5. The molecule has 1 aromatic carbocycles. The van der Waals surface area contributed by atoms with Gasteiger partial charge in [0.05, 0.1) is 5.92 Å². The van der Waals surface area contributed by atoms with Gasteiger partial charge < -0.3 is 20.0 Å². The molecule has 38 heavy (non-hydrogen) atoms. The van der Waals surface area contributed by atoms with Crippen molar-refractivity contribution < 1.29 is 9.59 Å². The number of aromatic nitrogens is 1. The molecule has 5 rings (SSSR count). The van der Waals surface area contributed by atoms with Crippen molar-refractivity contribution in [3.8, 4) is 0 Å². The number of rotatable bonds is 5. The van der Waals surface area contributed by atoms with Gasteiger partial charge in [0.15, 0.2) is 0 Å². The number of piperidine rings is 2. The molecule has 3 saturated heterocycles. The van der Waals surface area contributed by atoms with Gasteiger partial charge in [-0.05, 0) is 63.8 Å². The lowest BCUT2D eigenvalue weighted by molar-refractivity contribution is -0.138. The first-order chi connectivity index (χ1) is 18.5. The Morgan fingerprint density at radius 2 is 1.66 bits per heavy atom. The molecule has 4 heterocycles. The van der Waals surface area contributed by atoms with Gasteiger partial charge in [0.2, 0.25) is 5.91 Å². The minimum absolute atomic E-state index is 0.0247. The summed E-state index contributed by atoms with van der Waals surface area (Å²) in [5, 5.41) is 3.08. The molecule has 3 aliphatic rings. The van der Waals surface area contributed by atoms with Crippen molar-refractivity contribution in [2.45, 2.75) is 52.1 Å². The number of anilines is 1.